The molecule has 0 saturated carbocycles. The largest absolute Gasteiger partial charge is 2.00 e. The first kappa shape index (κ1) is 22.4. The molecule has 1 nitrogen and oxygen atoms in total. The number of nitrogens with zero attached hydrogens (tertiary/aromatic N) is 1. The molecule has 148 valence electrons. The molecule has 2 atom stereocenters. The molecule has 0 aliphatic heterocycles. The summed E-state index contributed by atoms with van der Waals surface area (Å²) in [6, 6.07) is 25.4. The van der Waals surface area contributed by atoms with Gasteiger partial charge in [0, 0.05) is 0 Å². The van der Waals surface area contributed by atoms with Crippen molar-refractivity contribution in [3.8, 4) is 0 Å². The van der Waals surface area contributed by atoms with Gasteiger partial charge in [-0.25, -0.2) is 0 Å². The van der Waals surface area contributed by atoms with Crippen LogP contribution in [0.5, 0.6) is 0 Å². The van der Waals surface area contributed by atoms with Crippen LogP contribution in [-0.4, -0.2) is 14.1 Å². The van der Waals surface area contributed by atoms with Gasteiger partial charge in [0.05, 0.1) is 0 Å². The predicted octanol–water partition coefficient (Wildman–Crippen LogP) is 6.74. The molecule has 3 aromatic rings. The van der Waals surface area contributed by atoms with E-state index in [9.17, 15) is 0 Å². The van der Waals surface area contributed by atoms with Gasteiger partial charge in [0.15, 0.2) is 0 Å². The summed E-state index contributed by atoms with van der Waals surface area (Å²) in [5, 5.41) is 0. The summed E-state index contributed by atoms with van der Waals surface area (Å²) in [4.78, 5) is 2.06. The van der Waals surface area contributed by atoms with Crippen molar-refractivity contribution in [2.75, 3.05) is 19.0 Å². The van der Waals surface area contributed by atoms with Gasteiger partial charge in [-0.2, -0.15) is 18.6 Å². The maximum atomic E-state index is 3.90. The van der Waals surface area contributed by atoms with E-state index in [-0.39, 0.29) is 26.2 Å². The van der Waals surface area contributed by atoms with E-state index in [0.29, 0.717) is 11.8 Å². The smallest absolute Gasteiger partial charge is 0.428 e. The Morgan fingerprint density at radius 2 is 1.17 bits per heavy atom. The van der Waals surface area contributed by atoms with Gasteiger partial charge in [-0.3, -0.25) is 0 Å². The minimum atomic E-state index is 0. The third kappa shape index (κ3) is 4.87. The fourth-order valence-corrected chi connectivity index (χ4v) is 4.06. The molecule has 0 amide bonds. The second-order valence-corrected chi connectivity index (χ2v) is 7.74. The summed E-state index contributed by atoms with van der Waals surface area (Å²) in [7, 11) is 4.04. The average Bonchev–Trinajstić information content (AvgIpc) is 3.34. The summed E-state index contributed by atoms with van der Waals surface area (Å²) in [6.07, 6.45) is 11.5. The quantitative estimate of drug-likeness (QED) is 0.385. The molecule has 0 spiro atoms. The van der Waals surface area contributed by atoms with E-state index < -0.39 is 0 Å². The van der Waals surface area contributed by atoms with Crippen LogP contribution in [0, 0.1) is 13.3 Å². The van der Waals surface area contributed by atoms with Gasteiger partial charge in [0.1, 0.15) is 0 Å². The maximum Gasteiger partial charge on any atom is 2.00 e. The van der Waals surface area contributed by atoms with E-state index >= 15 is 0 Å². The van der Waals surface area contributed by atoms with E-state index in [1.165, 1.54) is 27.9 Å². The molecule has 2 aliphatic carbocycles. The van der Waals surface area contributed by atoms with Gasteiger partial charge in [-0.15, -0.1) is 30.1 Å². The summed E-state index contributed by atoms with van der Waals surface area (Å²) < 4.78 is 0. The SMILES string of the molecule is C1=CC([CH-]C2C=Cc3ccccc32)c2ccccc21.[CH2-]c1ccccc1N(C)C.[Zr+2]. The molecular weight excluding hydrogens is 442 g/mol. The van der Waals surface area contributed by atoms with E-state index in [4.69, 9.17) is 0 Å². The number of hydrogen-bond acceptors (Lipinski definition) is 1. The van der Waals surface area contributed by atoms with Crippen molar-refractivity contribution in [3.05, 3.63) is 126 Å². The first-order valence-corrected chi connectivity index (χ1v) is 10.1. The molecule has 0 saturated heterocycles. The van der Waals surface area contributed by atoms with Crippen LogP contribution in [0.2, 0.25) is 0 Å². The molecule has 0 aromatic heterocycles. The van der Waals surface area contributed by atoms with Crippen molar-refractivity contribution in [3.63, 3.8) is 0 Å². The Morgan fingerprint density at radius 1 is 0.700 bits per heavy atom. The van der Waals surface area contributed by atoms with Crippen molar-refractivity contribution in [2.45, 2.75) is 11.8 Å². The third-order valence-corrected chi connectivity index (χ3v) is 5.56. The van der Waals surface area contributed by atoms with E-state index in [0.717, 1.165) is 5.56 Å². The van der Waals surface area contributed by atoms with Crippen LogP contribution in [0.4, 0.5) is 5.69 Å². The normalized spacial score (nSPS) is 17.4. The topological polar surface area (TPSA) is 3.24 Å². The molecular formula is C28H27NZr. The molecule has 0 N–H and O–H groups in total. The molecule has 0 fully saturated rings. The molecule has 5 rings (SSSR count). The number of rotatable bonds is 3. The van der Waals surface area contributed by atoms with Gasteiger partial charge >= 0.3 is 26.2 Å². The van der Waals surface area contributed by atoms with Gasteiger partial charge in [0.2, 0.25) is 0 Å². The number of anilines is 1. The third-order valence-electron chi connectivity index (χ3n) is 5.56. The van der Waals surface area contributed by atoms with Gasteiger partial charge in [-0.1, -0.05) is 89.6 Å². The van der Waals surface area contributed by atoms with Crippen molar-refractivity contribution >= 4 is 17.8 Å². The Bertz CT molecular complexity index is 988. The molecule has 0 bridgehead atoms. The van der Waals surface area contributed by atoms with Crippen molar-refractivity contribution in [1.29, 1.82) is 0 Å². The van der Waals surface area contributed by atoms with Crippen LogP contribution in [0.15, 0.2) is 84.9 Å². The number of para-hydroxylation sites is 1. The van der Waals surface area contributed by atoms with Crippen molar-refractivity contribution in [2.24, 2.45) is 0 Å². The fourth-order valence-electron chi connectivity index (χ4n) is 4.06. The van der Waals surface area contributed by atoms with E-state index in [1.54, 1.807) is 0 Å². The van der Waals surface area contributed by atoms with Crippen LogP contribution < -0.4 is 4.90 Å². The summed E-state index contributed by atoms with van der Waals surface area (Å²) >= 11 is 0. The number of hydrogen-bond donors (Lipinski definition) is 0. The molecule has 3 aromatic carbocycles. The molecule has 0 heterocycles. The van der Waals surface area contributed by atoms with Crippen LogP contribution in [0.25, 0.3) is 12.2 Å². The Balaban J connectivity index is 0.000000200. The van der Waals surface area contributed by atoms with E-state index in [1.807, 2.05) is 32.3 Å². The van der Waals surface area contributed by atoms with Crippen LogP contribution in [0.3, 0.4) is 0 Å². The van der Waals surface area contributed by atoms with Gasteiger partial charge < -0.3 is 11.3 Å². The zero-order chi connectivity index (χ0) is 20.2. The zero-order valence-electron chi connectivity index (χ0n) is 17.6. The maximum absolute atomic E-state index is 3.90. The van der Waals surface area contributed by atoms with Gasteiger partial charge in [-0.05, 0) is 25.2 Å². The molecule has 0 radical (unpaired) electrons. The summed E-state index contributed by atoms with van der Waals surface area (Å²) in [5.74, 6) is 0.883. The minimum Gasteiger partial charge on any atom is -0.428 e. The predicted molar refractivity (Wildman–Crippen MR) is 126 cm³/mol. The average molecular weight is 469 g/mol. The van der Waals surface area contributed by atoms with Crippen molar-refractivity contribution < 1.29 is 26.2 Å². The number of allylic oxidation sites excluding steroid dienone is 2. The summed E-state index contributed by atoms with van der Waals surface area (Å²) in [5.41, 5.74) is 7.84. The second kappa shape index (κ2) is 10.1. The standard InChI is InChI=1S/C19H15.C9H12N.Zr/c1-3-7-18-14(5-1)9-11-16(18)13-17-12-10-15-6-2-4-8-19(15)17;1-8-6-4-5-7-9(8)10(2)3;/h1-13,16-17H;4-7H,1H2,2-3H3;/q2*-1;+2. The monoisotopic (exact) mass is 467 g/mol. The Hall–Kier alpha value is -2.31. The Kier molecular flexibility index (Phi) is 7.56. The number of benzene rings is 3. The Labute approximate surface area is 200 Å². The van der Waals surface area contributed by atoms with Crippen LogP contribution in [0.1, 0.15) is 39.7 Å². The first-order valence-electron chi connectivity index (χ1n) is 10.1. The van der Waals surface area contributed by atoms with E-state index in [2.05, 4.69) is 97.1 Å². The molecule has 2 aliphatic rings. The minimum absolute atomic E-state index is 0. The molecule has 2 heteroatoms. The number of fused-ring (bicyclic) bond motifs is 2. The van der Waals surface area contributed by atoms with Crippen molar-refractivity contribution in [1.82, 2.24) is 0 Å². The van der Waals surface area contributed by atoms with Crippen LogP contribution >= 0.6 is 0 Å². The van der Waals surface area contributed by atoms with Crippen LogP contribution in [-0.2, 0) is 26.2 Å². The first-order chi connectivity index (χ1) is 14.1. The molecule has 2 unspecified atom stereocenters. The second-order valence-electron chi connectivity index (χ2n) is 7.74. The summed E-state index contributed by atoms with van der Waals surface area (Å²) in [6.45, 7) is 3.90. The van der Waals surface area contributed by atoms with Gasteiger partial charge in [0.25, 0.3) is 0 Å². The Morgan fingerprint density at radius 3 is 1.63 bits per heavy atom. The molecule has 30 heavy (non-hydrogen) atoms. The fraction of sp³-hybridized carbons (Fsp3) is 0.143. The zero-order valence-corrected chi connectivity index (χ0v) is 20.1.